The number of hydrogen-bond donors (Lipinski definition) is 1. The number of amides is 3. The number of halogens is 1. The molecule has 8 nitrogen and oxygen atoms in total. The lowest BCUT2D eigenvalue weighted by atomic mass is 9.82. The topological polar surface area (TPSA) is 97.7 Å². The minimum Gasteiger partial charge on any atom is -0.496 e. The van der Waals surface area contributed by atoms with E-state index in [2.05, 4.69) is 21.2 Å². The predicted octanol–water partition coefficient (Wildman–Crippen LogP) is 5.12. The van der Waals surface area contributed by atoms with Crippen molar-refractivity contribution in [3.8, 4) is 5.75 Å². The van der Waals surface area contributed by atoms with Crippen molar-refractivity contribution in [3.63, 3.8) is 0 Å². The quantitative estimate of drug-likeness (QED) is 0.296. The lowest BCUT2D eigenvalue weighted by Gasteiger charge is -2.31. The van der Waals surface area contributed by atoms with Crippen LogP contribution >= 0.6 is 39.0 Å². The molecule has 3 aromatic carbocycles. The molecule has 6 rings (SSSR count). The zero-order valence-corrected chi connectivity index (χ0v) is 24.3. The molecule has 3 amide bonds. The van der Waals surface area contributed by atoms with E-state index in [9.17, 15) is 19.2 Å². The van der Waals surface area contributed by atoms with Gasteiger partial charge in [0, 0.05) is 26.5 Å². The van der Waals surface area contributed by atoms with Gasteiger partial charge in [0.05, 0.1) is 23.7 Å². The van der Waals surface area contributed by atoms with Gasteiger partial charge in [-0.05, 0) is 42.5 Å². The summed E-state index contributed by atoms with van der Waals surface area (Å²) in [5.74, 6) is -1.86. The van der Waals surface area contributed by atoms with Crippen LogP contribution in [-0.2, 0) is 20.9 Å². The average Bonchev–Trinajstić information content (AvgIpc) is 3.40. The Bertz CT molecular complexity index is 1690. The monoisotopic (exact) mass is 635 g/mol. The fourth-order valence-corrected chi connectivity index (χ4v) is 8.25. The minimum atomic E-state index is -0.781. The molecule has 0 bridgehead atoms. The molecule has 1 aromatic heterocycles. The second-order valence-corrected chi connectivity index (χ2v) is 12.3. The lowest BCUT2D eigenvalue weighted by Crippen LogP contribution is -2.33. The number of ether oxygens (including phenoxy) is 1. The number of anilines is 2. The number of aromatic nitrogens is 1. The number of thioether (sulfide) groups is 1. The van der Waals surface area contributed by atoms with Gasteiger partial charge in [-0.1, -0.05) is 75.4 Å². The molecule has 0 saturated carbocycles. The number of nitrogens with one attached hydrogen (secondary N) is 1. The van der Waals surface area contributed by atoms with Gasteiger partial charge in [-0.3, -0.25) is 23.7 Å². The average molecular weight is 637 g/mol. The van der Waals surface area contributed by atoms with E-state index >= 15 is 0 Å². The van der Waals surface area contributed by atoms with E-state index in [0.717, 1.165) is 15.8 Å². The van der Waals surface area contributed by atoms with E-state index in [1.807, 2.05) is 36.4 Å². The first-order valence-electron chi connectivity index (χ1n) is 12.4. The molecule has 3 atom stereocenters. The molecule has 40 heavy (non-hydrogen) atoms. The lowest BCUT2D eigenvalue weighted by molar-refractivity contribution is -0.122. The summed E-state index contributed by atoms with van der Waals surface area (Å²) in [5.41, 5.74) is 1.81. The molecule has 3 heterocycles. The molecule has 1 N–H and O–H groups in total. The molecule has 1 fully saturated rings. The van der Waals surface area contributed by atoms with Crippen molar-refractivity contribution >= 4 is 68.1 Å². The standard InChI is InChI=1S/C29H22BrN3O5S2/c1-38-20-10-6-5-9-19(20)22-23-24(27(36)33(26(23)35)18-13-11-16(30)12-14-18)39-28-25(22)40-29(37)32(28)15-21(34)31-17-7-3-2-4-8-17/h2-14,22-24H,15H2,1H3,(H,31,34). The summed E-state index contributed by atoms with van der Waals surface area (Å²) in [7, 11) is 1.55. The highest BCUT2D eigenvalue weighted by Gasteiger charge is 2.57. The van der Waals surface area contributed by atoms with Crippen LogP contribution in [0.2, 0.25) is 0 Å². The fourth-order valence-electron chi connectivity index (χ4n) is 5.22. The summed E-state index contributed by atoms with van der Waals surface area (Å²) in [4.78, 5) is 55.6. The van der Waals surface area contributed by atoms with Crippen LogP contribution in [0.25, 0.3) is 0 Å². The summed E-state index contributed by atoms with van der Waals surface area (Å²) < 4.78 is 7.88. The smallest absolute Gasteiger partial charge is 0.308 e. The Morgan fingerprint density at radius 2 is 1.65 bits per heavy atom. The van der Waals surface area contributed by atoms with Gasteiger partial charge in [-0.15, -0.1) is 0 Å². The van der Waals surface area contributed by atoms with Crippen LogP contribution in [0.15, 0.2) is 93.2 Å². The maximum absolute atomic E-state index is 14.0. The molecule has 2 aliphatic rings. The van der Waals surface area contributed by atoms with Gasteiger partial charge >= 0.3 is 4.87 Å². The van der Waals surface area contributed by atoms with E-state index < -0.39 is 17.1 Å². The van der Waals surface area contributed by atoms with Gasteiger partial charge in [0.25, 0.3) is 0 Å². The van der Waals surface area contributed by atoms with Crippen molar-refractivity contribution < 1.29 is 19.1 Å². The Morgan fingerprint density at radius 3 is 2.38 bits per heavy atom. The number of carbonyl (C=O) groups excluding carboxylic acids is 3. The second kappa shape index (κ2) is 10.7. The van der Waals surface area contributed by atoms with Crippen molar-refractivity contribution in [1.29, 1.82) is 0 Å². The summed E-state index contributed by atoms with van der Waals surface area (Å²) >= 11 is 5.58. The first kappa shape index (κ1) is 26.5. The number of thiazole rings is 1. The largest absolute Gasteiger partial charge is 0.496 e. The molecule has 0 radical (unpaired) electrons. The predicted molar refractivity (Wildman–Crippen MR) is 158 cm³/mol. The maximum Gasteiger partial charge on any atom is 0.308 e. The number of fused-ring (bicyclic) bond motifs is 2. The summed E-state index contributed by atoms with van der Waals surface area (Å²) in [5, 5.41) is 2.56. The summed E-state index contributed by atoms with van der Waals surface area (Å²) in [6.45, 7) is -0.221. The van der Waals surface area contributed by atoms with Gasteiger partial charge < -0.3 is 10.1 Å². The first-order chi connectivity index (χ1) is 19.4. The van der Waals surface area contributed by atoms with Crippen molar-refractivity contribution in [1.82, 2.24) is 4.57 Å². The van der Waals surface area contributed by atoms with Crippen molar-refractivity contribution in [2.24, 2.45) is 5.92 Å². The highest BCUT2D eigenvalue weighted by molar-refractivity contribution is 9.10. The van der Waals surface area contributed by atoms with Crippen LogP contribution < -0.4 is 19.8 Å². The number of rotatable bonds is 6. The molecule has 2 aliphatic heterocycles. The third-order valence-corrected chi connectivity index (χ3v) is 10.1. The molecule has 11 heteroatoms. The third-order valence-electron chi connectivity index (χ3n) is 6.97. The Labute approximate surface area is 246 Å². The van der Waals surface area contributed by atoms with Crippen LogP contribution in [0.5, 0.6) is 5.75 Å². The molecule has 1 saturated heterocycles. The zero-order chi connectivity index (χ0) is 28.0. The van der Waals surface area contributed by atoms with E-state index in [4.69, 9.17) is 4.74 Å². The number of benzene rings is 3. The number of para-hydroxylation sites is 2. The van der Waals surface area contributed by atoms with Crippen LogP contribution in [0.1, 0.15) is 16.4 Å². The normalized spacial score (nSPS) is 19.8. The summed E-state index contributed by atoms with van der Waals surface area (Å²) in [6.07, 6.45) is 0. The third kappa shape index (κ3) is 4.57. The second-order valence-electron chi connectivity index (χ2n) is 9.31. The number of carbonyl (C=O) groups is 3. The Balaban J connectivity index is 1.44. The number of nitrogens with zero attached hydrogens (tertiary/aromatic N) is 2. The minimum absolute atomic E-state index is 0.221. The highest BCUT2D eigenvalue weighted by atomic mass is 79.9. The Morgan fingerprint density at radius 1 is 0.950 bits per heavy atom. The van der Waals surface area contributed by atoms with Gasteiger partial charge in [-0.25, -0.2) is 4.90 Å². The Kier molecular flexibility index (Phi) is 7.11. The van der Waals surface area contributed by atoms with E-state index in [-0.39, 0.29) is 29.1 Å². The van der Waals surface area contributed by atoms with Gasteiger partial charge in [-0.2, -0.15) is 0 Å². The van der Waals surface area contributed by atoms with Gasteiger partial charge in [0.2, 0.25) is 17.7 Å². The molecule has 0 aliphatic carbocycles. The van der Waals surface area contributed by atoms with Crippen LogP contribution in [-0.4, -0.2) is 34.6 Å². The molecule has 0 spiro atoms. The molecule has 4 aromatic rings. The molecular formula is C29H22BrN3O5S2. The molecule has 202 valence electrons. The van der Waals surface area contributed by atoms with Gasteiger partial charge in [0.15, 0.2) is 0 Å². The summed E-state index contributed by atoms with van der Waals surface area (Å²) in [6, 6.07) is 23.3. The van der Waals surface area contributed by atoms with Crippen LogP contribution in [0, 0.1) is 5.92 Å². The van der Waals surface area contributed by atoms with E-state index in [0.29, 0.717) is 32.6 Å². The van der Waals surface area contributed by atoms with E-state index in [1.165, 1.54) is 21.2 Å². The van der Waals surface area contributed by atoms with Crippen LogP contribution in [0.3, 0.4) is 0 Å². The number of hydrogen-bond acceptors (Lipinski definition) is 7. The van der Waals surface area contributed by atoms with Gasteiger partial charge in [0.1, 0.15) is 17.5 Å². The SMILES string of the molecule is COc1ccccc1C1c2sc(=O)n(CC(=O)Nc3ccccc3)c2SC2C(=O)N(c3ccc(Br)cc3)C(=O)C21. The zero-order valence-electron chi connectivity index (χ0n) is 21.1. The van der Waals surface area contributed by atoms with E-state index in [1.54, 1.807) is 49.6 Å². The fraction of sp³-hybridized carbons (Fsp3) is 0.172. The maximum atomic E-state index is 14.0. The number of imide groups is 1. The Hall–Kier alpha value is -3.67. The first-order valence-corrected chi connectivity index (χ1v) is 14.9. The van der Waals surface area contributed by atoms with Crippen molar-refractivity contribution in [2.75, 3.05) is 17.3 Å². The van der Waals surface area contributed by atoms with Crippen molar-refractivity contribution in [2.45, 2.75) is 22.7 Å². The molecular weight excluding hydrogens is 614 g/mol. The molecule has 3 unspecified atom stereocenters. The van der Waals surface area contributed by atoms with Crippen LogP contribution in [0.4, 0.5) is 11.4 Å². The highest BCUT2D eigenvalue weighted by Crippen LogP contribution is 2.55. The van der Waals surface area contributed by atoms with Crippen molar-refractivity contribution in [3.05, 3.63) is 103 Å². The number of methoxy groups -OCH3 is 1.